The molecule has 5 aromatic rings. The quantitative estimate of drug-likeness (QED) is 0.246. The molecular weight excluding hydrogens is 599 g/mol. The summed E-state index contributed by atoms with van der Waals surface area (Å²) in [4.78, 5) is 49.0. The lowest BCUT2D eigenvalue weighted by Crippen LogP contribution is -2.39. The molecule has 1 atom stereocenters. The fourth-order valence-corrected chi connectivity index (χ4v) is 5.36. The van der Waals surface area contributed by atoms with Crippen molar-refractivity contribution >= 4 is 40.6 Å². The standard InChI is InChI=1S/C29H23ClF3N9O2/c30-28-37-11-9-19(38-28)27(44)41-13-2-1-3-20(41)25-40-22(23-24(34)36-12-14-42(23)25)16-4-6-17(7-5-16)26(43)39-21-15-18(8-10-35-21)29(31,32)33/h4-12,14-15,20H,1-3,13H2,(H2,34,36)(H,35,39,43). The molecule has 5 heterocycles. The van der Waals surface area contributed by atoms with Gasteiger partial charge in [-0.3, -0.25) is 14.0 Å². The second-order valence-corrected chi connectivity index (χ2v) is 10.4. The Kier molecular flexibility index (Phi) is 7.59. The second-order valence-electron chi connectivity index (χ2n) is 10.0. The van der Waals surface area contributed by atoms with E-state index >= 15 is 0 Å². The topological polar surface area (TPSA) is 144 Å². The van der Waals surface area contributed by atoms with Crippen LogP contribution in [-0.4, -0.2) is 52.6 Å². The van der Waals surface area contributed by atoms with Gasteiger partial charge >= 0.3 is 6.18 Å². The molecule has 1 fully saturated rings. The van der Waals surface area contributed by atoms with Gasteiger partial charge in [-0.25, -0.2) is 24.9 Å². The molecule has 0 saturated carbocycles. The van der Waals surface area contributed by atoms with Crippen LogP contribution >= 0.6 is 11.6 Å². The van der Waals surface area contributed by atoms with E-state index < -0.39 is 23.7 Å². The van der Waals surface area contributed by atoms with Gasteiger partial charge in [-0.05, 0) is 61.2 Å². The molecule has 11 nitrogen and oxygen atoms in total. The lowest BCUT2D eigenvalue weighted by Gasteiger charge is -2.34. The van der Waals surface area contributed by atoms with Gasteiger partial charge in [-0.1, -0.05) is 12.1 Å². The van der Waals surface area contributed by atoms with Gasteiger partial charge in [-0.2, -0.15) is 13.2 Å². The number of nitrogens with one attached hydrogen (secondary N) is 1. The van der Waals surface area contributed by atoms with Crippen molar-refractivity contribution in [2.75, 3.05) is 17.6 Å². The van der Waals surface area contributed by atoms with E-state index in [-0.39, 0.29) is 34.1 Å². The summed E-state index contributed by atoms with van der Waals surface area (Å²) < 4.78 is 41.0. The monoisotopic (exact) mass is 621 g/mol. The Labute approximate surface area is 253 Å². The van der Waals surface area contributed by atoms with Crippen LogP contribution < -0.4 is 11.1 Å². The molecular formula is C29H23ClF3N9O2. The number of hydrogen-bond donors (Lipinski definition) is 2. The molecule has 2 amide bonds. The number of halogens is 4. The van der Waals surface area contributed by atoms with Gasteiger partial charge in [0.2, 0.25) is 5.28 Å². The molecule has 0 bridgehead atoms. The van der Waals surface area contributed by atoms with E-state index in [2.05, 4.69) is 25.3 Å². The summed E-state index contributed by atoms with van der Waals surface area (Å²) in [5, 5.41) is 2.37. The Balaban J connectivity index is 1.32. The summed E-state index contributed by atoms with van der Waals surface area (Å²) in [6.07, 6.45) is 3.43. The number of piperidine rings is 1. The van der Waals surface area contributed by atoms with Crippen LogP contribution in [0.4, 0.5) is 24.8 Å². The fraction of sp³-hybridized carbons (Fsp3) is 0.207. The highest BCUT2D eigenvalue weighted by Gasteiger charge is 2.34. The number of nitrogen functional groups attached to an aromatic ring is 1. The number of pyridine rings is 1. The highest BCUT2D eigenvalue weighted by atomic mass is 35.5. The molecule has 3 N–H and O–H groups in total. The number of carbonyl (C=O) groups excluding carboxylic acids is 2. The highest BCUT2D eigenvalue weighted by molar-refractivity contribution is 6.28. The van der Waals surface area contributed by atoms with Gasteiger partial charge in [0.15, 0.2) is 0 Å². The zero-order valence-corrected chi connectivity index (χ0v) is 23.5. The molecule has 1 unspecified atom stereocenters. The molecule has 1 aliphatic heterocycles. The minimum atomic E-state index is -4.57. The van der Waals surface area contributed by atoms with E-state index in [1.54, 1.807) is 33.8 Å². The van der Waals surface area contributed by atoms with E-state index in [9.17, 15) is 22.8 Å². The lowest BCUT2D eigenvalue weighted by atomic mass is 10.0. The number of nitrogens with two attached hydrogens (primary N) is 1. The maximum absolute atomic E-state index is 13.5. The average Bonchev–Trinajstić information content (AvgIpc) is 3.41. The largest absolute Gasteiger partial charge is 0.416 e. The van der Waals surface area contributed by atoms with Crippen molar-refractivity contribution in [3.05, 3.63) is 95.2 Å². The number of alkyl halides is 3. The van der Waals surface area contributed by atoms with Gasteiger partial charge in [-0.15, -0.1) is 0 Å². The third-order valence-electron chi connectivity index (χ3n) is 7.27. The zero-order valence-electron chi connectivity index (χ0n) is 22.8. The van der Waals surface area contributed by atoms with Crippen molar-refractivity contribution in [1.29, 1.82) is 0 Å². The van der Waals surface area contributed by atoms with Gasteiger partial charge in [0, 0.05) is 42.5 Å². The van der Waals surface area contributed by atoms with Crippen LogP contribution in [0.15, 0.2) is 67.3 Å². The van der Waals surface area contributed by atoms with E-state index in [4.69, 9.17) is 22.3 Å². The number of anilines is 2. The number of benzene rings is 1. The minimum absolute atomic E-state index is 0.0278. The maximum Gasteiger partial charge on any atom is 0.416 e. The van der Waals surface area contributed by atoms with Crippen molar-refractivity contribution < 1.29 is 22.8 Å². The van der Waals surface area contributed by atoms with Crippen molar-refractivity contribution in [2.45, 2.75) is 31.5 Å². The van der Waals surface area contributed by atoms with Gasteiger partial charge in [0.05, 0.1) is 11.6 Å². The molecule has 1 aromatic carbocycles. The molecule has 0 radical (unpaired) electrons. The van der Waals surface area contributed by atoms with Crippen molar-refractivity contribution in [2.24, 2.45) is 0 Å². The Morgan fingerprint density at radius 2 is 1.75 bits per heavy atom. The lowest BCUT2D eigenvalue weighted by molar-refractivity contribution is -0.137. The van der Waals surface area contributed by atoms with E-state index in [1.165, 1.54) is 24.4 Å². The molecule has 6 rings (SSSR count). The number of fused-ring (bicyclic) bond motifs is 1. The normalized spacial score (nSPS) is 15.4. The third kappa shape index (κ3) is 5.63. The van der Waals surface area contributed by atoms with Crippen LogP contribution in [-0.2, 0) is 6.18 Å². The average molecular weight is 622 g/mol. The number of aromatic nitrogens is 6. The van der Waals surface area contributed by atoms with Crippen molar-refractivity contribution in [1.82, 2.24) is 34.2 Å². The SMILES string of the molecule is Nc1nccn2c(C3CCCCN3C(=O)c3ccnc(Cl)n3)nc(-c3ccc(C(=O)Nc4cc(C(F)(F)F)ccn4)cc3)c12. The molecule has 15 heteroatoms. The van der Waals surface area contributed by atoms with Crippen LogP contribution in [0.1, 0.15) is 57.5 Å². The summed E-state index contributed by atoms with van der Waals surface area (Å²) in [7, 11) is 0. The molecule has 44 heavy (non-hydrogen) atoms. The molecule has 224 valence electrons. The number of likely N-dealkylation sites (tertiary alicyclic amines) is 1. The Bertz CT molecular complexity index is 1880. The van der Waals surface area contributed by atoms with Gasteiger partial charge in [0.1, 0.15) is 34.4 Å². The van der Waals surface area contributed by atoms with Crippen molar-refractivity contribution in [3.8, 4) is 11.3 Å². The first-order chi connectivity index (χ1) is 21.1. The summed E-state index contributed by atoms with van der Waals surface area (Å²) >= 11 is 5.94. The van der Waals surface area contributed by atoms with E-state index in [0.29, 0.717) is 35.6 Å². The first kappa shape index (κ1) is 29.0. The van der Waals surface area contributed by atoms with E-state index in [0.717, 1.165) is 31.2 Å². The van der Waals surface area contributed by atoms with Crippen LogP contribution in [0.5, 0.6) is 0 Å². The summed E-state index contributed by atoms with van der Waals surface area (Å²) in [6, 6.07) is 9.03. The Morgan fingerprint density at radius 3 is 2.50 bits per heavy atom. The number of amides is 2. The predicted molar refractivity (Wildman–Crippen MR) is 155 cm³/mol. The summed E-state index contributed by atoms with van der Waals surface area (Å²) in [5.74, 6) is -0.371. The number of imidazole rings is 1. The zero-order chi connectivity index (χ0) is 31.0. The maximum atomic E-state index is 13.5. The number of hydrogen-bond acceptors (Lipinski definition) is 8. The highest BCUT2D eigenvalue weighted by Crippen LogP contribution is 2.36. The van der Waals surface area contributed by atoms with E-state index in [1.807, 2.05) is 0 Å². The first-order valence-electron chi connectivity index (χ1n) is 13.5. The van der Waals surface area contributed by atoms with Gasteiger partial charge < -0.3 is 16.0 Å². The van der Waals surface area contributed by atoms with Crippen LogP contribution in [0.25, 0.3) is 16.8 Å². The van der Waals surface area contributed by atoms with Crippen LogP contribution in [0, 0.1) is 0 Å². The number of rotatable bonds is 5. The van der Waals surface area contributed by atoms with Gasteiger partial charge in [0.25, 0.3) is 11.8 Å². The second kappa shape index (κ2) is 11.5. The van der Waals surface area contributed by atoms with Crippen LogP contribution in [0.3, 0.4) is 0 Å². The summed E-state index contributed by atoms with van der Waals surface area (Å²) in [5.41, 5.74) is 7.37. The predicted octanol–water partition coefficient (Wildman–Crippen LogP) is 5.46. The molecule has 4 aromatic heterocycles. The molecule has 1 aliphatic rings. The Hall–Kier alpha value is -5.11. The smallest absolute Gasteiger partial charge is 0.382 e. The van der Waals surface area contributed by atoms with Crippen molar-refractivity contribution in [3.63, 3.8) is 0 Å². The fourth-order valence-electron chi connectivity index (χ4n) is 5.21. The minimum Gasteiger partial charge on any atom is -0.382 e. The third-order valence-corrected chi connectivity index (χ3v) is 7.45. The summed E-state index contributed by atoms with van der Waals surface area (Å²) in [6.45, 7) is 0.487. The molecule has 0 aliphatic carbocycles. The van der Waals surface area contributed by atoms with Crippen LogP contribution in [0.2, 0.25) is 5.28 Å². The number of nitrogens with zero attached hydrogens (tertiary/aromatic N) is 7. The number of carbonyl (C=O) groups is 2. The molecule has 0 spiro atoms. The first-order valence-corrected chi connectivity index (χ1v) is 13.8. The molecule has 1 saturated heterocycles. The Morgan fingerprint density at radius 1 is 0.977 bits per heavy atom.